The van der Waals surface area contributed by atoms with E-state index in [1.165, 1.54) is 16.4 Å². The maximum Gasteiger partial charge on any atom is 0.254 e. The highest BCUT2D eigenvalue weighted by atomic mass is 35.5. The number of ether oxygens (including phenoxy) is 1. The summed E-state index contributed by atoms with van der Waals surface area (Å²) in [5.41, 5.74) is 1.27. The van der Waals surface area contributed by atoms with Gasteiger partial charge in [0.1, 0.15) is 4.90 Å². The Kier molecular flexibility index (Phi) is 7.29. The molecule has 0 saturated carbocycles. The van der Waals surface area contributed by atoms with Gasteiger partial charge < -0.3 is 9.64 Å². The van der Waals surface area contributed by atoms with Crippen molar-refractivity contribution in [1.29, 1.82) is 0 Å². The van der Waals surface area contributed by atoms with Gasteiger partial charge in [0.05, 0.1) is 11.6 Å². The molecule has 1 saturated heterocycles. The van der Waals surface area contributed by atoms with E-state index in [-0.39, 0.29) is 15.8 Å². The molecule has 1 aliphatic rings. The van der Waals surface area contributed by atoms with Crippen LogP contribution in [-0.2, 0) is 21.3 Å². The van der Waals surface area contributed by atoms with Crippen LogP contribution in [0.1, 0.15) is 28.8 Å². The molecule has 2 aromatic carbocycles. The molecule has 0 aliphatic carbocycles. The smallest absolute Gasteiger partial charge is 0.254 e. The van der Waals surface area contributed by atoms with Crippen LogP contribution in [-0.4, -0.2) is 56.9 Å². The average Bonchev–Trinajstić information content (AvgIpc) is 3.27. The lowest BCUT2D eigenvalue weighted by atomic mass is 10.1. The first-order valence-electron chi connectivity index (χ1n) is 9.55. The van der Waals surface area contributed by atoms with Crippen LogP contribution in [0.25, 0.3) is 0 Å². The van der Waals surface area contributed by atoms with Gasteiger partial charge in [0.2, 0.25) is 10.0 Å². The fourth-order valence-electron chi connectivity index (χ4n) is 3.34. The molecule has 1 amide bonds. The monoisotopic (exact) mass is 436 g/mol. The predicted octanol–water partition coefficient (Wildman–Crippen LogP) is 3.41. The van der Waals surface area contributed by atoms with Crippen molar-refractivity contribution in [2.75, 3.05) is 33.4 Å². The number of amides is 1. The molecule has 1 aliphatic heterocycles. The van der Waals surface area contributed by atoms with Crippen LogP contribution in [0.2, 0.25) is 5.02 Å². The van der Waals surface area contributed by atoms with E-state index in [4.69, 9.17) is 16.3 Å². The van der Waals surface area contributed by atoms with Crippen molar-refractivity contribution in [1.82, 2.24) is 9.21 Å². The largest absolute Gasteiger partial charge is 0.383 e. The quantitative estimate of drug-likeness (QED) is 0.636. The van der Waals surface area contributed by atoms with Gasteiger partial charge >= 0.3 is 0 Å². The summed E-state index contributed by atoms with van der Waals surface area (Å²) < 4.78 is 32.5. The molecule has 2 aromatic rings. The number of sulfonamides is 1. The Hall–Kier alpha value is -1.93. The van der Waals surface area contributed by atoms with Gasteiger partial charge in [0.25, 0.3) is 5.91 Å². The Balaban J connectivity index is 1.89. The Labute approximate surface area is 177 Å². The topological polar surface area (TPSA) is 66.9 Å². The van der Waals surface area contributed by atoms with Crippen LogP contribution in [0, 0.1) is 0 Å². The summed E-state index contributed by atoms with van der Waals surface area (Å²) >= 11 is 6.21. The molecule has 6 nitrogen and oxygen atoms in total. The van der Waals surface area contributed by atoms with Crippen LogP contribution in [0.5, 0.6) is 0 Å². The number of carbonyl (C=O) groups is 1. The van der Waals surface area contributed by atoms with Crippen molar-refractivity contribution in [2.45, 2.75) is 24.3 Å². The van der Waals surface area contributed by atoms with Gasteiger partial charge in [0.15, 0.2) is 0 Å². The van der Waals surface area contributed by atoms with Crippen molar-refractivity contribution in [3.8, 4) is 0 Å². The van der Waals surface area contributed by atoms with E-state index in [9.17, 15) is 13.2 Å². The second-order valence-corrected chi connectivity index (χ2v) is 9.28. The molecule has 0 atom stereocenters. The number of benzene rings is 2. The number of nitrogens with zero attached hydrogens (tertiary/aromatic N) is 2. The first-order chi connectivity index (χ1) is 13.9. The summed E-state index contributed by atoms with van der Waals surface area (Å²) in [4.78, 5) is 14.8. The Morgan fingerprint density at radius 3 is 2.48 bits per heavy atom. The summed E-state index contributed by atoms with van der Waals surface area (Å²) in [6.45, 7) is 2.13. The van der Waals surface area contributed by atoms with Crippen LogP contribution in [0.4, 0.5) is 0 Å². The highest BCUT2D eigenvalue weighted by Crippen LogP contribution is 2.28. The van der Waals surface area contributed by atoms with E-state index in [2.05, 4.69) is 0 Å². The fourth-order valence-corrected chi connectivity index (χ4v) is 5.36. The molecule has 1 heterocycles. The molecule has 0 bridgehead atoms. The molecular formula is C21H25ClN2O4S. The Bertz CT molecular complexity index is 944. The van der Waals surface area contributed by atoms with Crippen molar-refractivity contribution in [2.24, 2.45) is 0 Å². The molecule has 0 N–H and O–H groups in total. The zero-order valence-corrected chi connectivity index (χ0v) is 18.0. The van der Waals surface area contributed by atoms with Crippen molar-refractivity contribution in [3.05, 3.63) is 64.7 Å². The highest BCUT2D eigenvalue weighted by molar-refractivity contribution is 7.89. The average molecular weight is 437 g/mol. The van der Waals surface area contributed by atoms with Crippen LogP contribution < -0.4 is 0 Å². The minimum atomic E-state index is -3.72. The Morgan fingerprint density at radius 1 is 1.14 bits per heavy atom. The maximum atomic E-state index is 13.2. The standard InChI is InChI=1S/C21H25ClN2O4S/c1-28-14-13-23(16-17-7-3-2-4-8-17)21(25)18-9-10-19(22)20(15-18)29(26,27)24-11-5-6-12-24/h2-4,7-10,15H,5-6,11-14,16H2,1H3. The van der Waals surface area contributed by atoms with Crippen molar-refractivity contribution in [3.63, 3.8) is 0 Å². The zero-order valence-electron chi connectivity index (χ0n) is 16.4. The summed E-state index contributed by atoms with van der Waals surface area (Å²) in [6, 6.07) is 14.1. The van der Waals surface area contributed by atoms with Gasteiger partial charge in [-0.15, -0.1) is 0 Å². The number of halogens is 1. The third-order valence-electron chi connectivity index (χ3n) is 4.93. The van der Waals surface area contributed by atoms with Gasteiger partial charge in [-0.2, -0.15) is 4.31 Å². The molecule has 0 unspecified atom stereocenters. The third-order valence-corrected chi connectivity index (χ3v) is 7.31. The highest BCUT2D eigenvalue weighted by Gasteiger charge is 2.30. The van der Waals surface area contributed by atoms with Crippen molar-refractivity contribution >= 4 is 27.5 Å². The predicted molar refractivity (Wildman–Crippen MR) is 113 cm³/mol. The fraction of sp³-hybridized carbons (Fsp3) is 0.381. The summed E-state index contributed by atoms with van der Waals surface area (Å²) in [5.74, 6) is -0.263. The number of methoxy groups -OCH3 is 1. The lowest BCUT2D eigenvalue weighted by Gasteiger charge is -2.23. The normalized spacial score (nSPS) is 14.8. The van der Waals surface area contributed by atoms with Gasteiger partial charge in [0, 0.05) is 38.9 Å². The summed E-state index contributed by atoms with van der Waals surface area (Å²) in [5, 5.41) is 0.125. The molecule has 0 aromatic heterocycles. The number of hydrogen-bond acceptors (Lipinski definition) is 4. The van der Waals surface area contributed by atoms with Crippen LogP contribution in [0.3, 0.4) is 0 Å². The van der Waals surface area contributed by atoms with Crippen LogP contribution in [0.15, 0.2) is 53.4 Å². The van der Waals surface area contributed by atoms with E-state index >= 15 is 0 Å². The molecule has 8 heteroatoms. The molecule has 1 fully saturated rings. The molecule has 3 rings (SSSR count). The summed E-state index contributed by atoms with van der Waals surface area (Å²) in [6.07, 6.45) is 1.66. The molecule has 0 spiro atoms. The van der Waals surface area contributed by atoms with E-state index in [0.29, 0.717) is 38.3 Å². The molecule has 156 valence electrons. The van der Waals surface area contributed by atoms with E-state index in [1.54, 1.807) is 18.1 Å². The minimum Gasteiger partial charge on any atom is -0.383 e. The first kappa shape index (κ1) is 21.8. The minimum absolute atomic E-state index is 0.0154. The molecule has 0 radical (unpaired) electrons. The number of hydrogen-bond donors (Lipinski definition) is 0. The van der Waals surface area contributed by atoms with Crippen LogP contribution >= 0.6 is 11.6 Å². The van der Waals surface area contributed by atoms with E-state index in [1.807, 2.05) is 30.3 Å². The van der Waals surface area contributed by atoms with Gasteiger partial charge in [-0.1, -0.05) is 41.9 Å². The zero-order chi connectivity index (χ0) is 20.9. The number of rotatable bonds is 8. The number of carbonyl (C=O) groups excluding carboxylic acids is 1. The van der Waals surface area contributed by atoms with Crippen molar-refractivity contribution < 1.29 is 17.9 Å². The van der Waals surface area contributed by atoms with Gasteiger partial charge in [-0.3, -0.25) is 4.79 Å². The second kappa shape index (κ2) is 9.71. The molecular weight excluding hydrogens is 412 g/mol. The lowest BCUT2D eigenvalue weighted by molar-refractivity contribution is 0.0680. The summed E-state index contributed by atoms with van der Waals surface area (Å²) in [7, 11) is -2.14. The van der Waals surface area contributed by atoms with Gasteiger partial charge in [-0.05, 0) is 36.6 Å². The van der Waals surface area contributed by atoms with E-state index in [0.717, 1.165) is 18.4 Å². The second-order valence-electron chi connectivity index (χ2n) is 6.96. The Morgan fingerprint density at radius 2 is 1.83 bits per heavy atom. The SMILES string of the molecule is COCCN(Cc1ccccc1)C(=O)c1ccc(Cl)c(S(=O)(=O)N2CCCC2)c1. The molecule has 29 heavy (non-hydrogen) atoms. The lowest BCUT2D eigenvalue weighted by Crippen LogP contribution is -2.34. The van der Waals surface area contributed by atoms with E-state index < -0.39 is 10.0 Å². The van der Waals surface area contributed by atoms with Gasteiger partial charge in [-0.25, -0.2) is 8.42 Å². The third kappa shape index (κ3) is 5.17. The maximum absolute atomic E-state index is 13.2. The first-order valence-corrected chi connectivity index (χ1v) is 11.4.